The van der Waals surface area contributed by atoms with E-state index in [9.17, 15) is 0 Å². The molecule has 0 spiro atoms. The van der Waals surface area contributed by atoms with Gasteiger partial charge in [0.15, 0.2) is 5.96 Å². The predicted octanol–water partition coefficient (Wildman–Crippen LogP) is 3.69. The van der Waals surface area contributed by atoms with Crippen molar-refractivity contribution in [2.24, 2.45) is 12.0 Å². The molecule has 2 rings (SSSR count). The summed E-state index contributed by atoms with van der Waals surface area (Å²) in [6.45, 7) is 12.9. The van der Waals surface area contributed by atoms with Crippen molar-refractivity contribution in [2.45, 2.75) is 59.9 Å². The van der Waals surface area contributed by atoms with Gasteiger partial charge in [-0.1, -0.05) is 17.7 Å². The second-order valence-corrected chi connectivity index (χ2v) is 7.65. The molecule has 1 aromatic heterocycles. The second-order valence-electron chi connectivity index (χ2n) is 7.65. The van der Waals surface area contributed by atoms with Crippen LogP contribution in [0.3, 0.4) is 0 Å². The van der Waals surface area contributed by atoms with Gasteiger partial charge in [-0.2, -0.15) is 5.10 Å². The fourth-order valence-corrected chi connectivity index (χ4v) is 3.25. The monoisotopic (exact) mass is 399 g/mol. The Morgan fingerprint density at radius 3 is 2.52 bits per heavy atom. The summed E-state index contributed by atoms with van der Waals surface area (Å²) >= 11 is 0. The molecular formula is C23H37N5O. The molecule has 6 heteroatoms. The van der Waals surface area contributed by atoms with E-state index in [1.807, 2.05) is 23.9 Å². The highest BCUT2D eigenvalue weighted by Gasteiger charge is 2.13. The van der Waals surface area contributed by atoms with Crippen molar-refractivity contribution in [1.29, 1.82) is 0 Å². The molecule has 0 bridgehead atoms. The number of benzene rings is 1. The zero-order chi connectivity index (χ0) is 21.2. The Labute approximate surface area is 175 Å². The summed E-state index contributed by atoms with van der Waals surface area (Å²) in [6, 6.07) is 8.47. The predicted molar refractivity (Wildman–Crippen MR) is 121 cm³/mol. The van der Waals surface area contributed by atoms with Gasteiger partial charge in [-0.05, 0) is 71.6 Å². The molecule has 1 aromatic carbocycles. The van der Waals surface area contributed by atoms with E-state index in [0.717, 1.165) is 56.4 Å². The van der Waals surface area contributed by atoms with Gasteiger partial charge in [0.1, 0.15) is 5.75 Å². The second kappa shape index (κ2) is 11.5. The number of aliphatic imine (C=N–C) groups is 1. The molecule has 0 aliphatic carbocycles. The van der Waals surface area contributed by atoms with Crippen molar-refractivity contribution in [3.8, 4) is 5.75 Å². The number of nitrogens with zero attached hydrogens (tertiary/aromatic N) is 3. The fraction of sp³-hybridized carbons (Fsp3) is 0.565. The van der Waals surface area contributed by atoms with Gasteiger partial charge in [-0.15, -0.1) is 0 Å². The lowest BCUT2D eigenvalue weighted by molar-refractivity contribution is 0.308. The van der Waals surface area contributed by atoms with Crippen molar-refractivity contribution < 1.29 is 4.74 Å². The minimum Gasteiger partial charge on any atom is -0.494 e. The van der Waals surface area contributed by atoms with Gasteiger partial charge in [-0.3, -0.25) is 9.67 Å². The Kier molecular flexibility index (Phi) is 9.03. The maximum atomic E-state index is 5.78. The molecule has 0 saturated carbocycles. The minimum atomic E-state index is 0.277. The summed E-state index contributed by atoms with van der Waals surface area (Å²) in [5, 5.41) is 11.4. The van der Waals surface area contributed by atoms with Crippen LogP contribution < -0.4 is 15.4 Å². The Morgan fingerprint density at radius 1 is 1.17 bits per heavy atom. The van der Waals surface area contributed by atoms with Crippen LogP contribution in [0, 0.1) is 20.8 Å². The first-order chi connectivity index (χ1) is 13.9. The molecule has 0 aliphatic heterocycles. The number of unbranched alkanes of at least 4 members (excludes halogenated alkanes) is 1. The normalized spacial score (nSPS) is 12.7. The quantitative estimate of drug-likeness (QED) is 0.363. The van der Waals surface area contributed by atoms with E-state index in [1.54, 1.807) is 0 Å². The molecule has 0 aliphatic rings. The average Bonchev–Trinajstić information content (AvgIpc) is 2.92. The topological polar surface area (TPSA) is 63.5 Å². The van der Waals surface area contributed by atoms with Crippen molar-refractivity contribution in [3.63, 3.8) is 0 Å². The van der Waals surface area contributed by atoms with Crippen LogP contribution >= 0.6 is 0 Å². The van der Waals surface area contributed by atoms with Crippen molar-refractivity contribution in [1.82, 2.24) is 20.4 Å². The summed E-state index contributed by atoms with van der Waals surface area (Å²) in [5.41, 5.74) is 4.90. The number of hydrogen-bond acceptors (Lipinski definition) is 3. The van der Waals surface area contributed by atoms with Gasteiger partial charge in [-0.25, -0.2) is 0 Å². The molecule has 0 saturated heterocycles. The minimum absolute atomic E-state index is 0.277. The third kappa shape index (κ3) is 7.44. The number of rotatable bonds is 10. The lowest BCUT2D eigenvalue weighted by atomic mass is 10.1. The smallest absolute Gasteiger partial charge is 0.191 e. The lowest BCUT2D eigenvalue weighted by Crippen LogP contribution is -2.43. The Balaban J connectivity index is 1.75. The number of aromatic nitrogens is 2. The van der Waals surface area contributed by atoms with Crippen LogP contribution in [0.15, 0.2) is 29.3 Å². The van der Waals surface area contributed by atoms with Crippen LogP contribution in [-0.2, 0) is 13.5 Å². The van der Waals surface area contributed by atoms with Crippen molar-refractivity contribution in [2.75, 3.05) is 19.7 Å². The summed E-state index contributed by atoms with van der Waals surface area (Å²) in [7, 11) is 2.00. The Hall–Kier alpha value is -2.50. The van der Waals surface area contributed by atoms with Crippen molar-refractivity contribution in [3.05, 3.63) is 46.8 Å². The SMILES string of the molecule is CCNC(=NCCCCOc1ccc(C)cc1)NC(C)Cc1c(C)nn(C)c1C. The summed E-state index contributed by atoms with van der Waals surface area (Å²) < 4.78 is 7.74. The number of guanidine groups is 1. The Morgan fingerprint density at radius 2 is 1.90 bits per heavy atom. The number of hydrogen-bond donors (Lipinski definition) is 2. The maximum absolute atomic E-state index is 5.78. The molecule has 0 fully saturated rings. The average molecular weight is 400 g/mol. The molecule has 1 atom stereocenters. The number of ether oxygens (including phenoxy) is 1. The highest BCUT2D eigenvalue weighted by molar-refractivity contribution is 5.80. The molecule has 0 amide bonds. The molecule has 0 radical (unpaired) electrons. The van der Waals surface area contributed by atoms with E-state index in [2.05, 4.69) is 62.5 Å². The van der Waals surface area contributed by atoms with Crippen molar-refractivity contribution >= 4 is 5.96 Å². The molecule has 1 unspecified atom stereocenters. The molecular weight excluding hydrogens is 362 g/mol. The molecule has 160 valence electrons. The van der Waals surface area contributed by atoms with Crippen LogP contribution in [0.25, 0.3) is 0 Å². The maximum Gasteiger partial charge on any atom is 0.191 e. The van der Waals surface area contributed by atoms with Gasteiger partial charge in [0.25, 0.3) is 0 Å². The van der Waals surface area contributed by atoms with E-state index in [-0.39, 0.29) is 6.04 Å². The first-order valence-electron chi connectivity index (χ1n) is 10.6. The van der Waals surface area contributed by atoms with Gasteiger partial charge in [0, 0.05) is 31.9 Å². The third-order valence-corrected chi connectivity index (χ3v) is 5.01. The van der Waals surface area contributed by atoms with Crippen LogP contribution in [0.1, 0.15) is 49.2 Å². The van der Waals surface area contributed by atoms with Crippen LogP contribution in [0.2, 0.25) is 0 Å². The summed E-state index contributed by atoms with van der Waals surface area (Å²) in [5.74, 6) is 1.81. The van der Waals surface area contributed by atoms with E-state index in [1.165, 1.54) is 16.8 Å². The molecule has 2 aromatic rings. The van der Waals surface area contributed by atoms with Gasteiger partial charge < -0.3 is 15.4 Å². The van der Waals surface area contributed by atoms with E-state index in [4.69, 9.17) is 9.73 Å². The van der Waals surface area contributed by atoms with E-state index < -0.39 is 0 Å². The van der Waals surface area contributed by atoms with Gasteiger partial charge in [0.2, 0.25) is 0 Å². The van der Waals surface area contributed by atoms with Gasteiger partial charge in [0.05, 0.1) is 12.3 Å². The molecule has 29 heavy (non-hydrogen) atoms. The van der Waals surface area contributed by atoms with E-state index in [0.29, 0.717) is 0 Å². The third-order valence-electron chi connectivity index (χ3n) is 5.01. The molecule has 1 heterocycles. The highest BCUT2D eigenvalue weighted by atomic mass is 16.5. The summed E-state index contributed by atoms with van der Waals surface area (Å²) in [6.07, 6.45) is 2.92. The number of aryl methyl sites for hydroxylation is 3. The first-order valence-corrected chi connectivity index (χ1v) is 10.6. The van der Waals surface area contributed by atoms with Crippen LogP contribution in [-0.4, -0.2) is 41.5 Å². The van der Waals surface area contributed by atoms with Crippen LogP contribution in [0.4, 0.5) is 0 Å². The largest absolute Gasteiger partial charge is 0.494 e. The lowest BCUT2D eigenvalue weighted by Gasteiger charge is -2.18. The highest BCUT2D eigenvalue weighted by Crippen LogP contribution is 2.14. The Bertz CT molecular complexity index is 779. The van der Waals surface area contributed by atoms with E-state index >= 15 is 0 Å². The van der Waals surface area contributed by atoms with Crippen LogP contribution in [0.5, 0.6) is 5.75 Å². The summed E-state index contributed by atoms with van der Waals surface area (Å²) in [4.78, 5) is 4.72. The number of nitrogens with one attached hydrogen (secondary N) is 2. The first kappa shape index (κ1) is 22.8. The molecule has 2 N–H and O–H groups in total. The fourth-order valence-electron chi connectivity index (χ4n) is 3.25. The zero-order valence-corrected chi connectivity index (χ0v) is 18.9. The zero-order valence-electron chi connectivity index (χ0n) is 18.9. The van der Waals surface area contributed by atoms with Gasteiger partial charge >= 0.3 is 0 Å². The molecule has 6 nitrogen and oxygen atoms in total. The standard InChI is InChI=1S/C23H37N5O/c1-7-24-23(26-18(3)16-22-19(4)27-28(6)20(22)5)25-14-8-9-15-29-21-12-10-17(2)11-13-21/h10-13,18H,7-9,14-16H2,1-6H3,(H2,24,25,26).